The summed E-state index contributed by atoms with van der Waals surface area (Å²) in [4.78, 5) is 19.8. The van der Waals surface area contributed by atoms with E-state index >= 15 is 0 Å². The predicted molar refractivity (Wildman–Crippen MR) is 120 cm³/mol. The molecular weight excluding hydrogens is 384 g/mol. The summed E-state index contributed by atoms with van der Waals surface area (Å²) in [7, 11) is 1.62. The fraction of sp³-hybridized carbons (Fsp3) is 0.304. The number of thioether (sulfide) groups is 1. The van der Waals surface area contributed by atoms with Crippen molar-refractivity contribution in [1.29, 1.82) is 0 Å². The first-order valence-electron chi connectivity index (χ1n) is 9.82. The van der Waals surface area contributed by atoms with E-state index in [1.54, 1.807) is 12.0 Å². The monoisotopic (exact) mass is 410 g/mol. The van der Waals surface area contributed by atoms with Crippen molar-refractivity contribution in [2.45, 2.75) is 26.7 Å². The Kier molecular flexibility index (Phi) is 7.36. The topological polar surface area (TPSA) is 51.1 Å². The smallest absolute Gasteiger partial charge is 0.266 e. The summed E-state index contributed by atoms with van der Waals surface area (Å²) < 4.78 is 11.3. The highest BCUT2D eigenvalue weighted by molar-refractivity contribution is 8.18. The van der Waals surface area contributed by atoms with Crippen molar-refractivity contribution < 1.29 is 14.3 Å². The zero-order valence-corrected chi connectivity index (χ0v) is 17.9. The summed E-state index contributed by atoms with van der Waals surface area (Å²) in [6, 6.07) is 15.4. The number of amides is 1. The van der Waals surface area contributed by atoms with Crippen LogP contribution in [-0.2, 0) is 4.79 Å². The second-order valence-electron chi connectivity index (χ2n) is 6.50. The molecule has 0 unspecified atom stereocenters. The molecule has 0 atom stereocenters. The molecule has 0 aromatic heterocycles. The number of rotatable bonds is 8. The number of carbonyl (C=O) groups is 1. The number of unbranched alkanes of at least 4 members (excludes halogenated alkanes) is 1. The van der Waals surface area contributed by atoms with Crippen LogP contribution in [0.15, 0.2) is 58.4 Å². The lowest BCUT2D eigenvalue weighted by Crippen LogP contribution is -2.28. The van der Waals surface area contributed by atoms with Gasteiger partial charge in [-0.05, 0) is 61.0 Å². The zero-order valence-electron chi connectivity index (χ0n) is 17.1. The first kappa shape index (κ1) is 21.0. The van der Waals surface area contributed by atoms with E-state index in [0.29, 0.717) is 29.0 Å². The molecular formula is C23H26N2O3S. The standard InChI is InChI=1S/C23H26N2O3S/c1-4-6-14-28-19-13-12-17(15-20(19)27-3)16-21-22(26)25(5-2)23(29-21)24-18-10-8-7-9-11-18/h7-13,15-16H,4-6,14H2,1-3H3/b21-16+,24-23?. The Labute approximate surface area is 176 Å². The maximum Gasteiger partial charge on any atom is 0.266 e. The fourth-order valence-electron chi connectivity index (χ4n) is 2.85. The quantitative estimate of drug-likeness (QED) is 0.426. The molecule has 0 spiro atoms. The predicted octanol–water partition coefficient (Wildman–Crippen LogP) is 5.50. The molecule has 3 rings (SSSR count). The van der Waals surface area contributed by atoms with E-state index in [-0.39, 0.29) is 5.91 Å². The number of likely N-dealkylation sites (N-methyl/N-ethyl adjacent to an activating group) is 1. The average Bonchev–Trinajstić information content (AvgIpc) is 3.03. The highest BCUT2D eigenvalue weighted by atomic mass is 32.2. The van der Waals surface area contributed by atoms with Gasteiger partial charge in [-0.3, -0.25) is 9.69 Å². The first-order chi connectivity index (χ1) is 14.2. The minimum absolute atomic E-state index is 0.0329. The Bertz CT molecular complexity index is 910. The fourth-order valence-corrected chi connectivity index (χ4v) is 3.92. The summed E-state index contributed by atoms with van der Waals surface area (Å²) in [5.74, 6) is 1.35. The van der Waals surface area contributed by atoms with E-state index in [9.17, 15) is 4.79 Å². The van der Waals surface area contributed by atoms with Crippen molar-refractivity contribution in [1.82, 2.24) is 4.90 Å². The molecule has 2 aromatic carbocycles. The average molecular weight is 411 g/mol. The molecule has 0 aliphatic carbocycles. The van der Waals surface area contributed by atoms with Gasteiger partial charge >= 0.3 is 0 Å². The molecule has 29 heavy (non-hydrogen) atoms. The van der Waals surface area contributed by atoms with Gasteiger partial charge in [-0.15, -0.1) is 0 Å². The zero-order chi connectivity index (χ0) is 20.6. The molecule has 0 saturated carbocycles. The Morgan fingerprint density at radius 2 is 1.90 bits per heavy atom. The van der Waals surface area contributed by atoms with Gasteiger partial charge in [-0.25, -0.2) is 4.99 Å². The van der Waals surface area contributed by atoms with Crippen LogP contribution in [-0.4, -0.2) is 36.2 Å². The van der Waals surface area contributed by atoms with Crippen molar-refractivity contribution in [2.75, 3.05) is 20.3 Å². The number of aliphatic imine (C=N–C) groups is 1. The van der Waals surface area contributed by atoms with E-state index < -0.39 is 0 Å². The highest BCUT2D eigenvalue weighted by Gasteiger charge is 2.32. The third-order valence-electron chi connectivity index (χ3n) is 4.43. The van der Waals surface area contributed by atoms with E-state index in [4.69, 9.17) is 9.47 Å². The number of benzene rings is 2. The lowest BCUT2D eigenvalue weighted by Gasteiger charge is -2.12. The molecule has 1 fully saturated rings. The summed E-state index contributed by atoms with van der Waals surface area (Å²) in [6.07, 6.45) is 3.95. The van der Waals surface area contributed by atoms with Crippen molar-refractivity contribution in [3.8, 4) is 11.5 Å². The Balaban J connectivity index is 1.84. The number of nitrogens with zero attached hydrogens (tertiary/aromatic N) is 2. The summed E-state index contributed by atoms with van der Waals surface area (Å²) in [5.41, 5.74) is 1.72. The summed E-state index contributed by atoms with van der Waals surface area (Å²) in [5, 5.41) is 0.696. The van der Waals surface area contributed by atoms with Gasteiger partial charge in [0.1, 0.15) is 0 Å². The van der Waals surface area contributed by atoms with Gasteiger partial charge in [0.15, 0.2) is 16.7 Å². The van der Waals surface area contributed by atoms with Gasteiger partial charge < -0.3 is 9.47 Å². The first-order valence-corrected chi connectivity index (χ1v) is 10.6. The van der Waals surface area contributed by atoms with E-state index in [0.717, 1.165) is 29.8 Å². The van der Waals surface area contributed by atoms with Crippen molar-refractivity contribution in [3.63, 3.8) is 0 Å². The highest BCUT2D eigenvalue weighted by Crippen LogP contribution is 2.35. The summed E-state index contributed by atoms with van der Waals surface area (Å²) >= 11 is 1.39. The molecule has 0 radical (unpaired) electrons. The third kappa shape index (κ3) is 5.21. The molecule has 1 saturated heterocycles. The molecule has 1 aliphatic rings. The van der Waals surface area contributed by atoms with Gasteiger partial charge in [-0.2, -0.15) is 0 Å². The molecule has 1 amide bonds. The van der Waals surface area contributed by atoms with Crippen molar-refractivity contribution in [3.05, 3.63) is 59.0 Å². The van der Waals surface area contributed by atoms with Crippen LogP contribution in [0, 0.1) is 0 Å². The number of para-hydroxylation sites is 1. The molecule has 1 heterocycles. The van der Waals surface area contributed by atoms with Crippen molar-refractivity contribution >= 4 is 34.6 Å². The molecule has 2 aromatic rings. The van der Waals surface area contributed by atoms with Gasteiger partial charge in [0, 0.05) is 6.54 Å². The van der Waals surface area contributed by atoms with Crippen LogP contribution >= 0.6 is 11.8 Å². The SMILES string of the molecule is CCCCOc1ccc(/C=C2/SC(=Nc3ccccc3)N(CC)C2=O)cc1OC. The van der Waals surface area contributed by atoms with Crippen LogP contribution in [0.1, 0.15) is 32.3 Å². The second-order valence-corrected chi connectivity index (χ2v) is 7.51. The number of methoxy groups -OCH3 is 1. The van der Waals surface area contributed by atoms with Crippen LogP contribution in [0.4, 0.5) is 5.69 Å². The number of hydrogen-bond donors (Lipinski definition) is 0. The third-order valence-corrected chi connectivity index (χ3v) is 5.43. The van der Waals surface area contributed by atoms with Crippen LogP contribution < -0.4 is 9.47 Å². The number of amidine groups is 1. The number of carbonyl (C=O) groups excluding carboxylic acids is 1. The molecule has 0 N–H and O–H groups in total. The van der Waals surface area contributed by atoms with Crippen LogP contribution in [0.25, 0.3) is 6.08 Å². The Morgan fingerprint density at radius 3 is 2.59 bits per heavy atom. The van der Waals surface area contributed by atoms with E-state index in [1.807, 2.05) is 61.5 Å². The van der Waals surface area contributed by atoms with Crippen LogP contribution in [0.2, 0.25) is 0 Å². The van der Waals surface area contributed by atoms with Gasteiger partial charge in [0.25, 0.3) is 5.91 Å². The minimum Gasteiger partial charge on any atom is -0.493 e. The largest absolute Gasteiger partial charge is 0.493 e. The molecule has 152 valence electrons. The Morgan fingerprint density at radius 1 is 1.10 bits per heavy atom. The Hall–Kier alpha value is -2.73. The number of ether oxygens (including phenoxy) is 2. The van der Waals surface area contributed by atoms with Crippen molar-refractivity contribution in [2.24, 2.45) is 4.99 Å². The second kappa shape index (κ2) is 10.2. The lowest BCUT2D eigenvalue weighted by atomic mass is 10.2. The van der Waals surface area contributed by atoms with Gasteiger partial charge in [0.2, 0.25) is 0 Å². The normalized spacial score (nSPS) is 16.7. The molecule has 5 nitrogen and oxygen atoms in total. The van der Waals surface area contributed by atoms with Crippen LogP contribution in [0.5, 0.6) is 11.5 Å². The number of hydrogen-bond acceptors (Lipinski definition) is 5. The maximum atomic E-state index is 12.8. The minimum atomic E-state index is -0.0329. The lowest BCUT2D eigenvalue weighted by molar-refractivity contribution is -0.122. The van der Waals surface area contributed by atoms with E-state index in [2.05, 4.69) is 11.9 Å². The maximum absolute atomic E-state index is 12.8. The molecule has 0 bridgehead atoms. The molecule has 1 aliphatic heterocycles. The van der Waals surface area contributed by atoms with Crippen LogP contribution in [0.3, 0.4) is 0 Å². The van der Waals surface area contributed by atoms with E-state index in [1.165, 1.54) is 11.8 Å². The van der Waals surface area contributed by atoms with Gasteiger partial charge in [-0.1, -0.05) is 37.6 Å². The molecule has 6 heteroatoms. The summed E-state index contributed by atoms with van der Waals surface area (Å²) in [6.45, 7) is 5.31. The van der Waals surface area contributed by atoms with Gasteiger partial charge in [0.05, 0.1) is 24.3 Å².